The van der Waals surface area contributed by atoms with Gasteiger partial charge in [-0.15, -0.1) is 0 Å². The van der Waals surface area contributed by atoms with Crippen LogP contribution in [-0.4, -0.2) is 13.7 Å². The van der Waals surface area contributed by atoms with Crippen LogP contribution in [0.3, 0.4) is 0 Å². The Labute approximate surface area is 94.4 Å². The summed E-state index contributed by atoms with van der Waals surface area (Å²) >= 11 is -2.35. The van der Waals surface area contributed by atoms with Crippen LogP contribution in [0.5, 0.6) is 0 Å². The molecule has 0 amide bonds. The zero-order valence-electron chi connectivity index (χ0n) is 6.35. The molecule has 1 aromatic heterocycles. The first-order valence-electron chi connectivity index (χ1n) is 2.67. The van der Waals surface area contributed by atoms with Crippen molar-refractivity contribution in [3.05, 3.63) is 29.7 Å². The maximum atomic E-state index is 10.3. The molecule has 1 unspecified atom stereocenters. The summed E-state index contributed by atoms with van der Waals surface area (Å²) in [5, 5.41) is -0.0986. The van der Waals surface area contributed by atoms with Gasteiger partial charge >= 0.3 is 29.6 Å². The Balaban J connectivity index is 0.00000121. The van der Waals surface area contributed by atoms with E-state index in [1.54, 1.807) is 0 Å². The minimum absolute atomic E-state index is 0. The summed E-state index contributed by atoms with van der Waals surface area (Å²) in [6.45, 7) is 6.58. The van der Waals surface area contributed by atoms with Gasteiger partial charge in [-0.05, 0) is 23.2 Å². The average Bonchev–Trinajstić information content (AvgIpc) is 2.05. The molecule has 6 heteroatoms. The number of nitrogens with zero attached hydrogens (tertiary/aromatic N) is 2. The third-order valence-corrected chi connectivity index (χ3v) is 1.58. The van der Waals surface area contributed by atoms with Gasteiger partial charge in [0.1, 0.15) is 5.03 Å². The van der Waals surface area contributed by atoms with Gasteiger partial charge in [-0.2, -0.15) is 0 Å². The van der Waals surface area contributed by atoms with Crippen LogP contribution in [0.25, 0.3) is 4.85 Å². The predicted molar refractivity (Wildman–Crippen MR) is 37.7 cm³/mol. The smallest absolute Gasteiger partial charge is 0.767 e. The van der Waals surface area contributed by atoms with Gasteiger partial charge in [0.25, 0.3) is 0 Å². The van der Waals surface area contributed by atoms with Crippen molar-refractivity contribution in [1.82, 2.24) is 4.98 Å². The SMILES string of the molecule is [C-]#[N+]c1ccnc(S(=O)[O-])c1.[Na+]. The normalized spacial score (nSPS) is 11.0. The maximum Gasteiger partial charge on any atom is 1.00 e. The van der Waals surface area contributed by atoms with E-state index in [2.05, 4.69) is 9.83 Å². The van der Waals surface area contributed by atoms with Gasteiger partial charge in [0.15, 0.2) is 5.69 Å². The summed E-state index contributed by atoms with van der Waals surface area (Å²) in [6, 6.07) is 2.67. The monoisotopic (exact) mass is 190 g/mol. The van der Waals surface area contributed by atoms with Gasteiger partial charge in [-0.25, -0.2) is 4.85 Å². The van der Waals surface area contributed by atoms with E-state index in [0.717, 1.165) is 0 Å². The van der Waals surface area contributed by atoms with Crippen molar-refractivity contribution >= 4 is 16.8 Å². The van der Waals surface area contributed by atoms with Crippen molar-refractivity contribution in [3.8, 4) is 0 Å². The fourth-order valence-electron chi connectivity index (χ4n) is 0.560. The quantitative estimate of drug-likeness (QED) is 0.289. The molecular weight excluding hydrogens is 187 g/mol. The number of aromatic nitrogens is 1. The zero-order valence-corrected chi connectivity index (χ0v) is 9.17. The number of pyridine rings is 1. The van der Waals surface area contributed by atoms with E-state index in [1.807, 2.05) is 0 Å². The molecule has 4 nitrogen and oxygen atoms in total. The topological polar surface area (TPSA) is 57.4 Å². The molecule has 0 saturated heterocycles. The van der Waals surface area contributed by atoms with Gasteiger partial charge in [-0.3, -0.25) is 9.19 Å². The molecule has 0 bridgehead atoms. The van der Waals surface area contributed by atoms with E-state index in [9.17, 15) is 8.76 Å². The molecule has 1 rings (SSSR count). The summed E-state index contributed by atoms with van der Waals surface area (Å²) in [7, 11) is 0. The van der Waals surface area contributed by atoms with Gasteiger partial charge in [0, 0.05) is 6.20 Å². The second-order valence-electron chi connectivity index (χ2n) is 1.70. The van der Waals surface area contributed by atoms with E-state index in [1.165, 1.54) is 18.3 Å². The molecule has 0 aliphatic carbocycles. The van der Waals surface area contributed by atoms with Gasteiger partial charge in [0.2, 0.25) is 0 Å². The molecular formula is C6H3N2NaO2S. The Morgan fingerprint density at radius 1 is 1.67 bits per heavy atom. The first-order chi connectivity index (χ1) is 5.24. The van der Waals surface area contributed by atoms with Gasteiger partial charge < -0.3 is 4.55 Å². The Morgan fingerprint density at radius 3 is 2.83 bits per heavy atom. The molecule has 0 aromatic carbocycles. The Morgan fingerprint density at radius 2 is 2.33 bits per heavy atom. The van der Waals surface area contributed by atoms with Crippen molar-refractivity contribution < 1.29 is 38.3 Å². The summed E-state index contributed by atoms with van der Waals surface area (Å²) in [6.07, 6.45) is 1.29. The summed E-state index contributed by atoms with van der Waals surface area (Å²) in [4.78, 5) is 6.58. The third-order valence-electron chi connectivity index (χ3n) is 1.02. The average molecular weight is 190 g/mol. The second-order valence-corrected chi connectivity index (χ2v) is 2.59. The first kappa shape index (κ1) is 11.8. The maximum absolute atomic E-state index is 10.3. The molecule has 0 aliphatic rings. The summed E-state index contributed by atoms with van der Waals surface area (Å²) in [5.41, 5.74) is 0.277. The van der Waals surface area contributed by atoms with Crippen molar-refractivity contribution in [2.24, 2.45) is 0 Å². The fourth-order valence-corrected chi connectivity index (χ4v) is 0.924. The Kier molecular flexibility index (Phi) is 5.29. The number of rotatable bonds is 1. The van der Waals surface area contributed by atoms with E-state index in [0.29, 0.717) is 0 Å². The molecule has 1 heterocycles. The van der Waals surface area contributed by atoms with Crippen LogP contribution < -0.4 is 29.6 Å². The molecule has 0 aliphatic heterocycles. The van der Waals surface area contributed by atoms with Crippen LogP contribution in [0, 0.1) is 6.57 Å². The van der Waals surface area contributed by atoms with E-state index < -0.39 is 11.1 Å². The molecule has 1 aromatic rings. The fraction of sp³-hybridized carbons (Fsp3) is 0. The van der Waals surface area contributed by atoms with Crippen LogP contribution in [0.4, 0.5) is 5.69 Å². The van der Waals surface area contributed by atoms with Gasteiger partial charge in [-0.1, -0.05) is 0 Å². The van der Waals surface area contributed by atoms with Crippen molar-refractivity contribution in [1.29, 1.82) is 0 Å². The van der Waals surface area contributed by atoms with Crippen molar-refractivity contribution in [2.45, 2.75) is 5.03 Å². The standard InChI is InChI=1S/C6H4N2O2S.Na/c1-7-5-2-3-8-6(4-5)11(9)10;/h2-4H,(H,9,10);/q;+1/p-1. The summed E-state index contributed by atoms with van der Waals surface area (Å²) in [5.74, 6) is 0. The van der Waals surface area contributed by atoms with Crippen LogP contribution in [-0.2, 0) is 11.1 Å². The largest absolute Gasteiger partial charge is 1.00 e. The van der Waals surface area contributed by atoms with E-state index in [-0.39, 0.29) is 40.3 Å². The predicted octanol–water partition coefficient (Wildman–Crippen LogP) is -2.13. The van der Waals surface area contributed by atoms with E-state index in [4.69, 9.17) is 6.57 Å². The second kappa shape index (κ2) is 5.41. The van der Waals surface area contributed by atoms with Crippen molar-refractivity contribution in [3.63, 3.8) is 0 Å². The van der Waals surface area contributed by atoms with Gasteiger partial charge in [0.05, 0.1) is 6.57 Å². The third kappa shape index (κ3) is 3.01. The summed E-state index contributed by atoms with van der Waals surface area (Å²) < 4.78 is 20.6. The van der Waals surface area contributed by atoms with Crippen LogP contribution >= 0.6 is 0 Å². The van der Waals surface area contributed by atoms with Crippen LogP contribution in [0.1, 0.15) is 0 Å². The molecule has 56 valence electrons. The van der Waals surface area contributed by atoms with Crippen LogP contribution in [0.2, 0.25) is 0 Å². The first-order valence-corrected chi connectivity index (χ1v) is 3.74. The van der Waals surface area contributed by atoms with E-state index >= 15 is 0 Å². The zero-order chi connectivity index (χ0) is 8.27. The molecule has 1 atom stereocenters. The number of hydrogen-bond acceptors (Lipinski definition) is 3. The molecule has 0 spiro atoms. The van der Waals surface area contributed by atoms with Crippen LogP contribution in [0.15, 0.2) is 23.4 Å². The minimum atomic E-state index is -2.35. The number of hydrogen-bond donors (Lipinski definition) is 0. The van der Waals surface area contributed by atoms with Crippen molar-refractivity contribution in [2.75, 3.05) is 0 Å². The molecule has 0 saturated carbocycles. The molecule has 12 heavy (non-hydrogen) atoms. The molecule has 0 N–H and O–H groups in total. The Bertz CT molecular complexity index is 337. The minimum Gasteiger partial charge on any atom is -0.767 e. The molecule has 0 radical (unpaired) electrons. The Hall–Kier alpha value is -0.250. The molecule has 0 fully saturated rings.